The van der Waals surface area contributed by atoms with Crippen LogP contribution in [0.15, 0.2) is 4.99 Å². The van der Waals surface area contributed by atoms with Crippen molar-refractivity contribution in [3.63, 3.8) is 0 Å². The lowest BCUT2D eigenvalue weighted by Gasteiger charge is -2.27. The summed E-state index contributed by atoms with van der Waals surface area (Å²) in [6.45, 7) is 0.810. The summed E-state index contributed by atoms with van der Waals surface area (Å²) in [6, 6.07) is -2.40. The molecule has 1 heterocycles. The molecule has 11 heteroatoms. The fraction of sp³-hybridized carbons (Fsp3) is 0.750. The molecular weight excluding hydrogens is 372 g/mol. The molecule has 0 aromatic rings. The zero-order chi connectivity index (χ0) is 20.4. The maximum atomic E-state index is 12.6. The van der Waals surface area contributed by atoms with Gasteiger partial charge in [0, 0.05) is 13.1 Å². The Morgan fingerprint density at radius 1 is 1.33 bits per heavy atom. The van der Waals surface area contributed by atoms with E-state index in [0.29, 0.717) is 50.9 Å². The summed E-state index contributed by atoms with van der Waals surface area (Å²) in [5.41, 5.74) is 16.5. The zero-order valence-corrected chi connectivity index (χ0v) is 16.4. The van der Waals surface area contributed by atoms with Gasteiger partial charge in [-0.1, -0.05) is 0 Å². The smallest absolute Gasteiger partial charge is 0.326 e. The molecular formula is C16H30N6O4S. The van der Waals surface area contributed by atoms with E-state index in [1.807, 2.05) is 6.26 Å². The minimum absolute atomic E-state index is 0.0133. The average Bonchev–Trinajstić information content (AvgIpc) is 3.10. The molecule has 1 saturated heterocycles. The van der Waals surface area contributed by atoms with Gasteiger partial charge in [0.2, 0.25) is 11.8 Å². The quantitative estimate of drug-likeness (QED) is 0.160. The van der Waals surface area contributed by atoms with Crippen molar-refractivity contribution in [1.29, 1.82) is 0 Å². The Hall–Kier alpha value is -2.01. The van der Waals surface area contributed by atoms with Crippen LogP contribution in [0, 0.1) is 0 Å². The third-order valence-electron chi connectivity index (χ3n) is 4.35. The predicted molar refractivity (Wildman–Crippen MR) is 105 cm³/mol. The van der Waals surface area contributed by atoms with Crippen LogP contribution in [0.4, 0.5) is 0 Å². The van der Waals surface area contributed by atoms with Gasteiger partial charge in [0.15, 0.2) is 5.96 Å². The molecule has 2 amide bonds. The third kappa shape index (κ3) is 7.63. The van der Waals surface area contributed by atoms with Crippen LogP contribution in [-0.4, -0.2) is 77.0 Å². The fourth-order valence-corrected chi connectivity index (χ4v) is 3.39. The molecule has 1 fully saturated rings. The van der Waals surface area contributed by atoms with Gasteiger partial charge in [-0.15, -0.1) is 0 Å². The molecule has 8 N–H and O–H groups in total. The van der Waals surface area contributed by atoms with Crippen LogP contribution in [0.25, 0.3) is 0 Å². The second-order valence-electron chi connectivity index (χ2n) is 6.43. The lowest BCUT2D eigenvalue weighted by atomic mass is 10.1. The summed E-state index contributed by atoms with van der Waals surface area (Å²) in [6.07, 6.45) is 4.30. The maximum Gasteiger partial charge on any atom is 0.326 e. The Bertz CT molecular complexity index is 555. The largest absolute Gasteiger partial charge is 0.480 e. The first-order valence-corrected chi connectivity index (χ1v) is 10.3. The van der Waals surface area contributed by atoms with E-state index in [1.54, 1.807) is 0 Å². The first kappa shape index (κ1) is 23.0. The van der Waals surface area contributed by atoms with Gasteiger partial charge in [-0.25, -0.2) is 4.79 Å². The SMILES string of the molecule is CSCC[C@H](NC(=O)[C@@H]1CCCN1C(=O)[C@@H](N)CCCN=C(N)N)C(=O)O. The molecule has 0 saturated carbocycles. The third-order valence-corrected chi connectivity index (χ3v) is 4.99. The van der Waals surface area contributed by atoms with Crippen molar-refractivity contribution in [1.82, 2.24) is 10.2 Å². The van der Waals surface area contributed by atoms with Gasteiger partial charge in [0.05, 0.1) is 6.04 Å². The lowest BCUT2D eigenvalue weighted by molar-refractivity contribution is -0.144. The van der Waals surface area contributed by atoms with Gasteiger partial charge in [0.1, 0.15) is 12.1 Å². The number of guanidine groups is 1. The lowest BCUT2D eigenvalue weighted by Crippen LogP contribution is -2.54. The highest BCUT2D eigenvalue weighted by molar-refractivity contribution is 7.98. The number of carboxylic acid groups (broad SMARTS) is 1. The number of carboxylic acids is 1. The Kier molecular flexibility index (Phi) is 9.94. The number of likely N-dealkylation sites (tertiary alicyclic amines) is 1. The number of amides is 2. The number of hydrogen-bond donors (Lipinski definition) is 5. The highest BCUT2D eigenvalue weighted by atomic mass is 32.2. The van der Waals surface area contributed by atoms with Crippen LogP contribution < -0.4 is 22.5 Å². The van der Waals surface area contributed by atoms with E-state index in [2.05, 4.69) is 10.3 Å². The summed E-state index contributed by atoms with van der Waals surface area (Å²) in [7, 11) is 0. The molecule has 0 spiro atoms. The molecule has 3 atom stereocenters. The summed E-state index contributed by atoms with van der Waals surface area (Å²) < 4.78 is 0. The van der Waals surface area contributed by atoms with Crippen LogP contribution in [0.1, 0.15) is 32.1 Å². The number of nitrogens with two attached hydrogens (primary N) is 3. The molecule has 0 aromatic heterocycles. The molecule has 0 radical (unpaired) electrons. The summed E-state index contributed by atoms with van der Waals surface area (Å²) in [5.74, 6) is -1.23. The molecule has 1 aliphatic heterocycles. The molecule has 154 valence electrons. The number of carbonyl (C=O) groups is 3. The predicted octanol–water partition coefficient (Wildman–Crippen LogP) is -1.32. The summed E-state index contributed by atoms with van der Waals surface area (Å²) in [5, 5.41) is 11.8. The summed E-state index contributed by atoms with van der Waals surface area (Å²) in [4.78, 5) is 41.7. The molecule has 0 bridgehead atoms. The number of nitrogens with one attached hydrogen (secondary N) is 1. The number of aliphatic imine (C=N–C) groups is 1. The normalized spacial score (nSPS) is 18.6. The van der Waals surface area contributed by atoms with E-state index in [9.17, 15) is 19.5 Å². The monoisotopic (exact) mass is 402 g/mol. The van der Waals surface area contributed by atoms with Crippen molar-refractivity contribution < 1.29 is 19.5 Å². The van der Waals surface area contributed by atoms with E-state index in [0.717, 1.165) is 0 Å². The number of aliphatic carboxylic acids is 1. The number of hydrogen-bond acceptors (Lipinski definition) is 6. The van der Waals surface area contributed by atoms with Crippen molar-refractivity contribution >= 4 is 35.5 Å². The zero-order valence-electron chi connectivity index (χ0n) is 15.6. The van der Waals surface area contributed by atoms with Gasteiger partial charge < -0.3 is 32.5 Å². The maximum absolute atomic E-state index is 12.6. The molecule has 0 unspecified atom stereocenters. The minimum atomic E-state index is -1.08. The number of thioether (sulfide) groups is 1. The molecule has 1 rings (SSSR count). The second-order valence-corrected chi connectivity index (χ2v) is 7.41. The van der Waals surface area contributed by atoms with E-state index in [1.165, 1.54) is 16.7 Å². The molecule has 0 aliphatic carbocycles. The van der Waals surface area contributed by atoms with Crippen molar-refractivity contribution in [2.45, 2.75) is 50.2 Å². The highest BCUT2D eigenvalue weighted by Gasteiger charge is 2.37. The number of carbonyl (C=O) groups excluding carboxylic acids is 2. The Morgan fingerprint density at radius 2 is 2.04 bits per heavy atom. The summed E-state index contributed by atoms with van der Waals surface area (Å²) >= 11 is 1.51. The molecule has 27 heavy (non-hydrogen) atoms. The number of nitrogens with zero attached hydrogens (tertiary/aromatic N) is 2. The average molecular weight is 403 g/mol. The topological polar surface area (TPSA) is 177 Å². The minimum Gasteiger partial charge on any atom is -0.480 e. The van der Waals surface area contributed by atoms with Crippen molar-refractivity contribution in [2.24, 2.45) is 22.2 Å². The van der Waals surface area contributed by atoms with Gasteiger partial charge in [-0.2, -0.15) is 11.8 Å². The van der Waals surface area contributed by atoms with Crippen molar-refractivity contribution in [2.75, 3.05) is 25.1 Å². The molecule has 0 aromatic carbocycles. The van der Waals surface area contributed by atoms with Crippen LogP contribution >= 0.6 is 11.8 Å². The highest BCUT2D eigenvalue weighted by Crippen LogP contribution is 2.19. The number of rotatable bonds is 11. The first-order valence-electron chi connectivity index (χ1n) is 8.91. The van der Waals surface area contributed by atoms with Gasteiger partial charge in [0.25, 0.3) is 0 Å². The van der Waals surface area contributed by atoms with Gasteiger partial charge in [-0.3, -0.25) is 14.6 Å². The van der Waals surface area contributed by atoms with Crippen LogP contribution in [0.5, 0.6) is 0 Å². The second kappa shape index (κ2) is 11.7. The Balaban J connectivity index is 2.62. The van der Waals surface area contributed by atoms with Crippen LogP contribution in [0.3, 0.4) is 0 Å². The standard InChI is InChI=1S/C16H30N6O4S/c1-27-9-6-11(15(25)26)21-13(23)12-5-3-8-22(12)14(24)10(17)4-2-7-20-16(18)19/h10-12H,2-9,17H2,1H3,(H,21,23)(H,25,26)(H4,18,19,20)/t10-,11-,12-/m0/s1. The van der Waals surface area contributed by atoms with Crippen molar-refractivity contribution in [3.8, 4) is 0 Å². The van der Waals surface area contributed by atoms with Crippen molar-refractivity contribution in [3.05, 3.63) is 0 Å². The van der Waals surface area contributed by atoms with E-state index in [-0.39, 0.29) is 11.9 Å². The Morgan fingerprint density at radius 3 is 2.63 bits per heavy atom. The molecule has 1 aliphatic rings. The van der Waals surface area contributed by atoms with Crippen LogP contribution in [-0.2, 0) is 14.4 Å². The Labute approximate surface area is 163 Å². The van der Waals surface area contributed by atoms with E-state index in [4.69, 9.17) is 17.2 Å². The fourth-order valence-electron chi connectivity index (χ4n) is 2.92. The van der Waals surface area contributed by atoms with E-state index >= 15 is 0 Å². The van der Waals surface area contributed by atoms with E-state index < -0.39 is 30.0 Å². The van der Waals surface area contributed by atoms with Crippen LogP contribution in [0.2, 0.25) is 0 Å². The van der Waals surface area contributed by atoms with Gasteiger partial charge in [-0.05, 0) is 44.1 Å². The van der Waals surface area contributed by atoms with Gasteiger partial charge >= 0.3 is 5.97 Å². The molecule has 10 nitrogen and oxygen atoms in total. The first-order chi connectivity index (χ1) is 12.8.